The smallest absolute Gasteiger partial charge is 0.234 e. The zero-order valence-electron chi connectivity index (χ0n) is 14.1. The van der Waals surface area contributed by atoms with Crippen LogP contribution in [0.1, 0.15) is 19.4 Å². The number of carbonyl (C=O) groups is 1. The molecule has 1 N–H and O–H groups in total. The molecule has 0 atom stereocenters. The molecule has 1 amide bonds. The fraction of sp³-hybridized carbons (Fsp3) is 0.316. The van der Waals surface area contributed by atoms with Gasteiger partial charge in [0.05, 0.1) is 24.7 Å². The van der Waals surface area contributed by atoms with Gasteiger partial charge in [0.25, 0.3) is 0 Å². The Hall–Kier alpha value is -2.14. The lowest BCUT2D eigenvalue weighted by Gasteiger charge is -2.13. The van der Waals surface area contributed by atoms with E-state index in [9.17, 15) is 4.79 Å². The van der Waals surface area contributed by atoms with Crippen LogP contribution < -0.4 is 14.8 Å². The Morgan fingerprint density at radius 1 is 1.04 bits per heavy atom. The third-order valence-corrected chi connectivity index (χ3v) is 4.18. The number of hydrogen-bond acceptors (Lipinski definition) is 4. The molecule has 0 saturated carbocycles. The summed E-state index contributed by atoms with van der Waals surface area (Å²) in [7, 11) is 0. The van der Waals surface area contributed by atoms with Crippen LogP contribution in [0.5, 0.6) is 11.5 Å². The second-order valence-electron chi connectivity index (χ2n) is 5.05. The van der Waals surface area contributed by atoms with Crippen LogP contribution in [0.25, 0.3) is 0 Å². The molecule has 4 nitrogen and oxygen atoms in total. The molecule has 0 aromatic heterocycles. The highest BCUT2D eigenvalue weighted by Crippen LogP contribution is 2.29. The summed E-state index contributed by atoms with van der Waals surface area (Å²) in [6.45, 7) is 4.96. The highest BCUT2D eigenvalue weighted by atomic mass is 32.2. The van der Waals surface area contributed by atoms with Crippen LogP contribution in [0.3, 0.4) is 0 Å². The Morgan fingerprint density at radius 3 is 2.50 bits per heavy atom. The maximum Gasteiger partial charge on any atom is 0.234 e. The zero-order valence-corrected chi connectivity index (χ0v) is 14.9. The SMILES string of the molecule is CCOc1ccc(OCC)c(NC(=O)CSCc2ccccc2)c1. The number of nitrogens with one attached hydrogen (secondary N) is 1. The van der Waals surface area contributed by atoms with Crippen LogP contribution in [0.15, 0.2) is 48.5 Å². The summed E-state index contributed by atoms with van der Waals surface area (Å²) in [6.07, 6.45) is 0. The van der Waals surface area contributed by atoms with E-state index in [1.807, 2.05) is 44.2 Å². The van der Waals surface area contributed by atoms with Crippen LogP contribution in [-0.2, 0) is 10.5 Å². The molecule has 0 fully saturated rings. The fourth-order valence-corrected chi connectivity index (χ4v) is 2.95. The first-order valence-electron chi connectivity index (χ1n) is 8.04. The van der Waals surface area contributed by atoms with Crippen LogP contribution >= 0.6 is 11.8 Å². The lowest BCUT2D eigenvalue weighted by molar-refractivity contribution is -0.113. The Kier molecular flexibility index (Phi) is 7.49. The molecule has 128 valence electrons. The number of ether oxygens (including phenoxy) is 2. The van der Waals surface area contributed by atoms with Crippen LogP contribution in [0.4, 0.5) is 5.69 Å². The van der Waals surface area contributed by atoms with Crippen LogP contribution in [-0.4, -0.2) is 24.9 Å². The molecule has 2 aromatic carbocycles. The Bertz CT molecular complexity index is 646. The number of hydrogen-bond donors (Lipinski definition) is 1. The maximum atomic E-state index is 12.2. The van der Waals surface area contributed by atoms with Crippen molar-refractivity contribution in [2.24, 2.45) is 0 Å². The largest absolute Gasteiger partial charge is 0.494 e. The van der Waals surface area contributed by atoms with E-state index in [0.717, 1.165) is 5.75 Å². The third kappa shape index (κ3) is 5.81. The predicted octanol–water partition coefficient (Wildman–Crippen LogP) is 4.36. The van der Waals surface area contributed by atoms with Crippen molar-refractivity contribution in [1.82, 2.24) is 0 Å². The molecular formula is C19H23NO3S. The highest BCUT2D eigenvalue weighted by Gasteiger charge is 2.10. The van der Waals surface area contributed by atoms with Crippen molar-refractivity contribution < 1.29 is 14.3 Å². The van der Waals surface area contributed by atoms with Crippen LogP contribution in [0, 0.1) is 0 Å². The monoisotopic (exact) mass is 345 g/mol. The highest BCUT2D eigenvalue weighted by molar-refractivity contribution is 7.99. The second-order valence-corrected chi connectivity index (χ2v) is 6.04. The van der Waals surface area contributed by atoms with Gasteiger partial charge in [0.2, 0.25) is 5.91 Å². The summed E-state index contributed by atoms with van der Waals surface area (Å²) < 4.78 is 11.1. The fourth-order valence-electron chi connectivity index (χ4n) is 2.17. The average Bonchev–Trinajstić information content (AvgIpc) is 2.58. The molecule has 5 heteroatoms. The van der Waals surface area contributed by atoms with E-state index in [-0.39, 0.29) is 5.91 Å². The molecule has 0 saturated heterocycles. The lowest BCUT2D eigenvalue weighted by Crippen LogP contribution is -2.15. The van der Waals surface area contributed by atoms with Crippen molar-refractivity contribution in [3.05, 3.63) is 54.1 Å². The number of benzene rings is 2. The predicted molar refractivity (Wildman–Crippen MR) is 100 cm³/mol. The van der Waals surface area contributed by atoms with Gasteiger partial charge in [-0.3, -0.25) is 4.79 Å². The summed E-state index contributed by atoms with van der Waals surface area (Å²) in [4.78, 5) is 12.2. The molecule has 0 radical (unpaired) electrons. The minimum atomic E-state index is -0.0504. The third-order valence-electron chi connectivity index (χ3n) is 3.18. The van der Waals surface area contributed by atoms with E-state index in [1.54, 1.807) is 17.8 Å². The summed E-state index contributed by atoms with van der Waals surface area (Å²) in [5, 5.41) is 2.92. The Balaban J connectivity index is 1.92. The molecule has 0 aliphatic rings. The minimum Gasteiger partial charge on any atom is -0.494 e. The van der Waals surface area contributed by atoms with Gasteiger partial charge in [0, 0.05) is 11.8 Å². The Labute approximate surface area is 147 Å². The molecule has 0 unspecified atom stereocenters. The van der Waals surface area contributed by atoms with Gasteiger partial charge in [-0.2, -0.15) is 0 Å². The van der Waals surface area contributed by atoms with E-state index in [1.165, 1.54) is 5.56 Å². The number of thioether (sulfide) groups is 1. The summed E-state index contributed by atoms with van der Waals surface area (Å²) >= 11 is 1.58. The van der Waals surface area contributed by atoms with E-state index in [2.05, 4.69) is 17.4 Å². The number of carbonyl (C=O) groups excluding carboxylic acids is 1. The van der Waals surface area contributed by atoms with Crippen molar-refractivity contribution >= 4 is 23.4 Å². The molecule has 24 heavy (non-hydrogen) atoms. The first kappa shape index (κ1) is 18.2. The van der Waals surface area contributed by atoms with Gasteiger partial charge in [-0.1, -0.05) is 30.3 Å². The second kappa shape index (κ2) is 9.88. The van der Waals surface area contributed by atoms with E-state index < -0.39 is 0 Å². The first-order valence-corrected chi connectivity index (χ1v) is 9.19. The van der Waals surface area contributed by atoms with Gasteiger partial charge in [-0.25, -0.2) is 0 Å². The number of amides is 1. The van der Waals surface area contributed by atoms with Crippen LogP contribution in [0.2, 0.25) is 0 Å². The molecule has 0 spiro atoms. The zero-order chi connectivity index (χ0) is 17.2. The van der Waals surface area contributed by atoms with Crippen molar-refractivity contribution in [3.63, 3.8) is 0 Å². The molecule has 2 aromatic rings. The van der Waals surface area contributed by atoms with Gasteiger partial charge < -0.3 is 14.8 Å². The molecule has 2 rings (SSSR count). The van der Waals surface area contributed by atoms with Crippen molar-refractivity contribution in [3.8, 4) is 11.5 Å². The molecule has 0 aliphatic carbocycles. The summed E-state index contributed by atoms with van der Waals surface area (Å²) in [5.41, 5.74) is 1.86. The van der Waals surface area contributed by atoms with Gasteiger partial charge in [0.1, 0.15) is 11.5 Å². The molecule has 0 bridgehead atoms. The average molecular weight is 345 g/mol. The lowest BCUT2D eigenvalue weighted by atomic mass is 10.2. The Morgan fingerprint density at radius 2 is 1.79 bits per heavy atom. The number of anilines is 1. The normalized spacial score (nSPS) is 10.2. The molecule has 0 heterocycles. The summed E-state index contributed by atoms with van der Waals surface area (Å²) in [5.74, 6) is 2.52. The topological polar surface area (TPSA) is 47.6 Å². The van der Waals surface area contributed by atoms with Gasteiger partial charge in [-0.15, -0.1) is 11.8 Å². The standard InChI is InChI=1S/C19H23NO3S/c1-3-22-16-10-11-18(23-4-2)17(12-16)20-19(21)14-24-13-15-8-6-5-7-9-15/h5-12H,3-4,13-14H2,1-2H3,(H,20,21). The van der Waals surface area contributed by atoms with Crippen molar-refractivity contribution in [2.45, 2.75) is 19.6 Å². The minimum absolute atomic E-state index is 0.0504. The molecule has 0 aliphatic heterocycles. The maximum absolute atomic E-state index is 12.2. The number of rotatable bonds is 9. The van der Waals surface area contributed by atoms with Crippen molar-refractivity contribution in [1.29, 1.82) is 0 Å². The van der Waals surface area contributed by atoms with Crippen molar-refractivity contribution in [2.75, 3.05) is 24.3 Å². The van der Waals surface area contributed by atoms with Gasteiger partial charge in [0.15, 0.2) is 0 Å². The van der Waals surface area contributed by atoms with Gasteiger partial charge in [-0.05, 0) is 31.5 Å². The van der Waals surface area contributed by atoms with E-state index >= 15 is 0 Å². The molecular weight excluding hydrogens is 322 g/mol. The van der Waals surface area contributed by atoms with E-state index in [0.29, 0.717) is 36.2 Å². The summed E-state index contributed by atoms with van der Waals surface area (Å²) in [6, 6.07) is 15.6. The quantitative estimate of drug-likeness (QED) is 0.734. The van der Waals surface area contributed by atoms with E-state index in [4.69, 9.17) is 9.47 Å². The van der Waals surface area contributed by atoms with Gasteiger partial charge >= 0.3 is 0 Å². The first-order chi connectivity index (χ1) is 11.7.